The van der Waals surface area contributed by atoms with Gasteiger partial charge in [-0.2, -0.15) is 0 Å². The second-order valence-electron chi connectivity index (χ2n) is 8.41. The Morgan fingerprint density at radius 3 is 2.45 bits per heavy atom. The molecule has 0 aliphatic carbocycles. The van der Waals surface area contributed by atoms with Crippen molar-refractivity contribution in [1.82, 2.24) is 25.0 Å². The lowest BCUT2D eigenvalue weighted by Gasteiger charge is -2.23. The van der Waals surface area contributed by atoms with E-state index in [1.807, 2.05) is 20.8 Å². The molecule has 0 atom stereocenters. The molecule has 0 aliphatic rings. The summed E-state index contributed by atoms with van der Waals surface area (Å²) in [5, 5.41) is 12.0. The summed E-state index contributed by atoms with van der Waals surface area (Å²) in [5.74, 6) is -0.632. The van der Waals surface area contributed by atoms with E-state index in [0.29, 0.717) is 21.6 Å². The third kappa shape index (κ3) is 6.33. The number of likely N-dealkylation sites (N-methyl/N-ethyl adjacent to an activating group) is 1. The van der Waals surface area contributed by atoms with E-state index in [9.17, 15) is 14.0 Å². The van der Waals surface area contributed by atoms with Gasteiger partial charge in [-0.15, -0.1) is 10.2 Å². The van der Waals surface area contributed by atoms with Crippen molar-refractivity contribution in [3.8, 4) is 17.1 Å². The zero-order valence-corrected chi connectivity index (χ0v) is 20.4. The molecule has 0 spiro atoms. The smallest absolute Gasteiger partial charge is 0.240 e. The second kappa shape index (κ2) is 10.4. The van der Waals surface area contributed by atoms with E-state index in [-0.39, 0.29) is 35.3 Å². The van der Waals surface area contributed by atoms with Crippen LogP contribution in [0.15, 0.2) is 53.7 Å². The number of hydrogen-bond acceptors (Lipinski definition) is 5. The molecule has 1 N–H and O–H groups in total. The van der Waals surface area contributed by atoms with Crippen LogP contribution in [0.25, 0.3) is 17.1 Å². The Bertz CT molecular complexity index is 1160. The molecule has 3 aromatic rings. The molecule has 33 heavy (non-hydrogen) atoms. The number of nitrogens with zero attached hydrogens (tertiary/aromatic N) is 4. The summed E-state index contributed by atoms with van der Waals surface area (Å²) in [6.45, 7) is 5.54. The number of amides is 2. The molecule has 174 valence electrons. The summed E-state index contributed by atoms with van der Waals surface area (Å²) in [5.41, 5.74) is 0.440. The van der Waals surface area contributed by atoms with Gasteiger partial charge in [-0.05, 0) is 45.0 Å². The quantitative estimate of drug-likeness (QED) is 0.503. The number of benzene rings is 2. The number of halogens is 2. The third-order valence-corrected chi connectivity index (χ3v) is 5.73. The van der Waals surface area contributed by atoms with Crippen molar-refractivity contribution in [3.05, 3.63) is 59.4 Å². The van der Waals surface area contributed by atoms with Gasteiger partial charge in [-0.3, -0.25) is 14.2 Å². The van der Waals surface area contributed by atoms with Gasteiger partial charge in [-0.25, -0.2) is 4.39 Å². The molecule has 1 aromatic heterocycles. The molecule has 2 amide bonds. The molecule has 0 radical (unpaired) electrons. The normalized spacial score (nSPS) is 11.3. The molecule has 2 aromatic carbocycles. The highest BCUT2D eigenvalue weighted by Crippen LogP contribution is 2.32. The minimum absolute atomic E-state index is 0.00555. The standard InChI is InChI=1S/C23H25ClFN5O2S/c1-23(2,3)26-19(31)13-29(4)20(32)14-33-22-28-27-21(15-9-5-6-10-16(15)24)30(22)18-12-8-7-11-17(18)25/h5-12H,13-14H2,1-4H3,(H,26,31). The summed E-state index contributed by atoms with van der Waals surface area (Å²) in [6.07, 6.45) is 0. The monoisotopic (exact) mass is 489 g/mol. The Hall–Kier alpha value is -2.91. The number of carbonyl (C=O) groups is 2. The van der Waals surface area contributed by atoms with Crippen molar-refractivity contribution in [2.24, 2.45) is 0 Å². The SMILES string of the molecule is CN(CC(=O)NC(C)(C)C)C(=O)CSc1nnc(-c2ccccc2Cl)n1-c1ccccc1F. The van der Waals surface area contributed by atoms with Crippen LogP contribution in [-0.4, -0.2) is 56.4 Å². The fraction of sp³-hybridized carbons (Fsp3) is 0.304. The van der Waals surface area contributed by atoms with E-state index >= 15 is 0 Å². The predicted molar refractivity (Wildman–Crippen MR) is 128 cm³/mol. The summed E-state index contributed by atoms with van der Waals surface area (Å²) >= 11 is 7.46. The van der Waals surface area contributed by atoms with E-state index in [1.54, 1.807) is 54.1 Å². The van der Waals surface area contributed by atoms with Gasteiger partial charge in [-0.1, -0.05) is 47.6 Å². The van der Waals surface area contributed by atoms with Crippen LogP contribution in [0.2, 0.25) is 5.02 Å². The molecule has 7 nitrogen and oxygen atoms in total. The van der Waals surface area contributed by atoms with Crippen LogP contribution in [0.3, 0.4) is 0 Å². The second-order valence-corrected chi connectivity index (χ2v) is 9.76. The molecule has 1 heterocycles. The van der Waals surface area contributed by atoms with E-state index < -0.39 is 5.82 Å². The maximum Gasteiger partial charge on any atom is 0.240 e. The zero-order chi connectivity index (χ0) is 24.2. The number of thioether (sulfide) groups is 1. The summed E-state index contributed by atoms with van der Waals surface area (Å²) in [7, 11) is 1.56. The number of rotatable bonds is 7. The van der Waals surface area contributed by atoms with Crippen molar-refractivity contribution in [2.45, 2.75) is 31.5 Å². The van der Waals surface area contributed by atoms with Gasteiger partial charge < -0.3 is 10.2 Å². The highest BCUT2D eigenvalue weighted by atomic mass is 35.5. The lowest BCUT2D eigenvalue weighted by atomic mass is 10.1. The van der Waals surface area contributed by atoms with Gasteiger partial charge in [0, 0.05) is 18.2 Å². The highest BCUT2D eigenvalue weighted by molar-refractivity contribution is 7.99. The van der Waals surface area contributed by atoms with Crippen LogP contribution in [0, 0.1) is 5.82 Å². The van der Waals surface area contributed by atoms with E-state index in [4.69, 9.17) is 11.6 Å². The predicted octanol–water partition coefficient (Wildman–Crippen LogP) is 4.19. The first-order valence-electron chi connectivity index (χ1n) is 10.2. The highest BCUT2D eigenvalue weighted by Gasteiger charge is 2.22. The van der Waals surface area contributed by atoms with Crippen molar-refractivity contribution in [2.75, 3.05) is 19.3 Å². The van der Waals surface area contributed by atoms with Crippen LogP contribution in [0.4, 0.5) is 4.39 Å². The number of hydrogen-bond donors (Lipinski definition) is 1. The van der Waals surface area contributed by atoms with Gasteiger partial charge in [0.1, 0.15) is 5.82 Å². The van der Waals surface area contributed by atoms with Gasteiger partial charge in [0.05, 0.1) is 23.0 Å². The zero-order valence-electron chi connectivity index (χ0n) is 18.8. The topological polar surface area (TPSA) is 80.1 Å². The van der Waals surface area contributed by atoms with Crippen LogP contribution < -0.4 is 5.32 Å². The first-order chi connectivity index (χ1) is 15.6. The maximum atomic E-state index is 14.7. The number of aromatic nitrogens is 3. The lowest BCUT2D eigenvalue weighted by Crippen LogP contribution is -2.46. The average Bonchev–Trinajstić information content (AvgIpc) is 3.14. The summed E-state index contributed by atoms with van der Waals surface area (Å²) in [4.78, 5) is 26.1. The van der Waals surface area contributed by atoms with E-state index in [1.165, 1.54) is 11.0 Å². The lowest BCUT2D eigenvalue weighted by molar-refractivity contribution is -0.133. The summed E-state index contributed by atoms with van der Waals surface area (Å²) < 4.78 is 16.2. The number of para-hydroxylation sites is 1. The molecule has 0 unspecified atom stereocenters. The van der Waals surface area contributed by atoms with Gasteiger partial charge in [0.15, 0.2) is 11.0 Å². The van der Waals surface area contributed by atoms with E-state index in [0.717, 1.165) is 11.8 Å². The molecule has 0 aliphatic heterocycles. The molecular weight excluding hydrogens is 465 g/mol. The Kier molecular flexibility index (Phi) is 7.76. The van der Waals surface area contributed by atoms with E-state index in [2.05, 4.69) is 15.5 Å². The molecule has 0 bridgehead atoms. The Morgan fingerprint density at radius 1 is 1.12 bits per heavy atom. The summed E-state index contributed by atoms with van der Waals surface area (Å²) in [6, 6.07) is 13.3. The number of nitrogens with one attached hydrogen (secondary N) is 1. The molecule has 0 saturated heterocycles. The molecule has 10 heteroatoms. The maximum absolute atomic E-state index is 14.7. The molecule has 0 fully saturated rings. The minimum Gasteiger partial charge on any atom is -0.350 e. The Labute approximate surface area is 201 Å². The fourth-order valence-electron chi connectivity index (χ4n) is 3.03. The first kappa shape index (κ1) is 24.7. The minimum atomic E-state index is -0.463. The van der Waals surface area contributed by atoms with Gasteiger partial charge in [0.2, 0.25) is 11.8 Å². The molecule has 0 saturated carbocycles. The third-order valence-electron chi connectivity index (χ3n) is 4.49. The molecular formula is C23H25ClFN5O2S. The van der Waals surface area contributed by atoms with Crippen molar-refractivity contribution < 1.29 is 14.0 Å². The largest absolute Gasteiger partial charge is 0.350 e. The van der Waals surface area contributed by atoms with Crippen molar-refractivity contribution in [1.29, 1.82) is 0 Å². The van der Waals surface area contributed by atoms with Gasteiger partial charge in [0.25, 0.3) is 0 Å². The fourth-order valence-corrected chi connectivity index (χ4v) is 4.13. The Balaban J connectivity index is 1.84. The van der Waals surface area contributed by atoms with Crippen molar-refractivity contribution in [3.63, 3.8) is 0 Å². The van der Waals surface area contributed by atoms with Crippen molar-refractivity contribution >= 4 is 35.2 Å². The Morgan fingerprint density at radius 2 is 1.79 bits per heavy atom. The molecule has 3 rings (SSSR count). The van der Waals surface area contributed by atoms with Crippen LogP contribution in [0.1, 0.15) is 20.8 Å². The first-order valence-corrected chi connectivity index (χ1v) is 11.6. The number of carbonyl (C=O) groups excluding carboxylic acids is 2. The van der Waals surface area contributed by atoms with Gasteiger partial charge >= 0.3 is 0 Å². The van der Waals surface area contributed by atoms with Crippen LogP contribution in [-0.2, 0) is 9.59 Å². The van der Waals surface area contributed by atoms with Crippen LogP contribution in [0.5, 0.6) is 0 Å². The average molecular weight is 490 g/mol. The van der Waals surface area contributed by atoms with Crippen LogP contribution >= 0.6 is 23.4 Å².